The van der Waals surface area contributed by atoms with Crippen molar-refractivity contribution in [3.05, 3.63) is 59.2 Å². The Morgan fingerprint density at radius 3 is 2.21 bits per heavy atom. The molecule has 0 heterocycles. The second-order valence-corrected chi connectivity index (χ2v) is 5.97. The van der Waals surface area contributed by atoms with E-state index in [1.807, 2.05) is 36.4 Å². The number of methoxy groups -OCH3 is 2. The highest BCUT2D eigenvalue weighted by Crippen LogP contribution is 2.28. The van der Waals surface area contributed by atoms with Crippen LogP contribution in [0.25, 0.3) is 0 Å². The third-order valence-electron chi connectivity index (χ3n) is 4.35. The lowest BCUT2D eigenvalue weighted by atomic mass is 9.88. The van der Waals surface area contributed by atoms with E-state index >= 15 is 0 Å². The summed E-state index contributed by atoms with van der Waals surface area (Å²) < 4.78 is 10.4. The van der Waals surface area contributed by atoms with Crippen molar-refractivity contribution in [2.45, 2.75) is 32.1 Å². The molecule has 0 spiro atoms. The Kier molecular flexibility index (Phi) is 6.24. The third-order valence-corrected chi connectivity index (χ3v) is 4.35. The van der Waals surface area contributed by atoms with Gasteiger partial charge in [0.05, 0.1) is 14.2 Å². The summed E-state index contributed by atoms with van der Waals surface area (Å²) in [6.07, 6.45) is 2.10. The zero-order valence-corrected chi connectivity index (χ0v) is 14.5. The fourth-order valence-corrected chi connectivity index (χ4v) is 2.91. The molecule has 24 heavy (non-hydrogen) atoms. The topological polar surface area (TPSA) is 61.6 Å². The van der Waals surface area contributed by atoms with Gasteiger partial charge in [0.15, 0.2) is 0 Å². The molecular formula is C20H25NO3. The summed E-state index contributed by atoms with van der Waals surface area (Å²) in [5.74, 6) is 1.50. The highest BCUT2D eigenvalue weighted by atomic mass is 16.5. The summed E-state index contributed by atoms with van der Waals surface area (Å²) in [7, 11) is 3.31. The Bertz CT molecular complexity index is 680. The van der Waals surface area contributed by atoms with Crippen LogP contribution in [0.4, 0.5) is 0 Å². The molecule has 2 aromatic rings. The first kappa shape index (κ1) is 17.9. The number of hydrogen-bond acceptors (Lipinski definition) is 3. The van der Waals surface area contributed by atoms with Gasteiger partial charge in [-0.25, -0.2) is 0 Å². The molecule has 0 aromatic heterocycles. The van der Waals surface area contributed by atoms with Crippen molar-refractivity contribution >= 4 is 5.91 Å². The van der Waals surface area contributed by atoms with E-state index in [1.54, 1.807) is 14.2 Å². The lowest BCUT2D eigenvalue weighted by molar-refractivity contribution is -0.118. The van der Waals surface area contributed by atoms with Crippen LogP contribution in [-0.2, 0) is 11.2 Å². The summed E-state index contributed by atoms with van der Waals surface area (Å²) in [6.45, 7) is 2.08. The number of amides is 1. The van der Waals surface area contributed by atoms with Gasteiger partial charge in [0.1, 0.15) is 11.5 Å². The maximum Gasteiger partial charge on any atom is 0.218 e. The molecule has 0 fully saturated rings. The van der Waals surface area contributed by atoms with E-state index in [9.17, 15) is 4.79 Å². The van der Waals surface area contributed by atoms with Gasteiger partial charge in [-0.3, -0.25) is 4.79 Å². The van der Waals surface area contributed by atoms with Crippen molar-refractivity contribution in [2.75, 3.05) is 14.2 Å². The van der Waals surface area contributed by atoms with Crippen LogP contribution in [0.5, 0.6) is 11.5 Å². The number of carbonyl (C=O) groups is 1. The molecule has 4 heteroatoms. The third kappa shape index (κ3) is 4.75. The molecule has 0 bridgehead atoms. The van der Waals surface area contributed by atoms with Crippen LogP contribution in [0.15, 0.2) is 42.5 Å². The van der Waals surface area contributed by atoms with Crippen LogP contribution >= 0.6 is 0 Å². The molecule has 0 aliphatic carbocycles. The standard InChI is InChI=1S/C20H25NO3/c1-14-12-19(24-3)11-6-15(14)4-5-17(13-20(21)22)16-7-9-18(23-2)10-8-16/h6-12,17H,4-5,13H2,1-3H3,(H2,21,22). The number of hydrogen-bond donors (Lipinski definition) is 1. The normalized spacial score (nSPS) is 11.8. The number of primary amides is 1. The van der Waals surface area contributed by atoms with E-state index in [0.717, 1.165) is 29.9 Å². The van der Waals surface area contributed by atoms with E-state index in [2.05, 4.69) is 13.0 Å². The predicted molar refractivity (Wildman–Crippen MR) is 95.6 cm³/mol. The molecule has 2 aromatic carbocycles. The van der Waals surface area contributed by atoms with Gasteiger partial charge in [-0.2, -0.15) is 0 Å². The van der Waals surface area contributed by atoms with Crippen molar-refractivity contribution in [2.24, 2.45) is 5.73 Å². The lowest BCUT2D eigenvalue weighted by Gasteiger charge is -2.17. The summed E-state index contributed by atoms with van der Waals surface area (Å²) in [6, 6.07) is 13.9. The average Bonchev–Trinajstić information content (AvgIpc) is 2.59. The van der Waals surface area contributed by atoms with Crippen LogP contribution in [0.1, 0.15) is 35.4 Å². The van der Waals surface area contributed by atoms with Gasteiger partial charge >= 0.3 is 0 Å². The zero-order chi connectivity index (χ0) is 17.5. The number of benzene rings is 2. The zero-order valence-electron chi connectivity index (χ0n) is 14.5. The van der Waals surface area contributed by atoms with Crippen molar-refractivity contribution in [1.82, 2.24) is 0 Å². The second kappa shape index (κ2) is 8.39. The van der Waals surface area contributed by atoms with Gasteiger partial charge < -0.3 is 15.2 Å². The van der Waals surface area contributed by atoms with Crippen LogP contribution in [-0.4, -0.2) is 20.1 Å². The molecule has 0 saturated carbocycles. The Labute approximate surface area is 143 Å². The average molecular weight is 327 g/mol. The molecule has 4 nitrogen and oxygen atoms in total. The van der Waals surface area contributed by atoms with Gasteiger partial charge in [-0.05, 0) is 66.6 Å². The fraction of sp³-hybridized carbons (Fsp3) is 0.350. The van der Waals surface area contributed by atoms with Crippen LogP contribution < -0.4 is 15.2 Å². The molecule has 0 aliphatic rings. The number of nitrogens with two attached hydrogens (primary N) is 1. The molecule has 1 atom stereocenters. The Balaban J connectivity index is 2.12. The number of ether oxygens (including phenoxy) is 2. The van der Waals surface area contributed by atoms with Gasteiger partial charge in [0.25, 0.3) is 0 Å². The van der Waals surface area contributed by atoms with Crippen LogP contribution in [0.3, 0.4) is 0 Å². The summed E-state index contributed by atoms with van der Waals surface area (Å²) in [5, 5.41) is 0. The molecule has 1 amide bonds. The number of rotatable bonds is 8. The smallest absolute Gasteiger partial charge is 0.218 e. The second-order valence-electron chi connectivity index (χ2n) is 5.97. The molecule has 0 saturated heterocycles. The van der Waals surface area contributed by atoms with Gasteiger partial charge in [-0.15, -0.1) is 0 Å². The predicted octanol–water partition coefficient (Wildman–Crippen LogP) is 3.60. The molecule has 0 aliphatic heterocycles. The van der Waals surface area contributed by atoms with E-state index in [-0.39, 0.29) is 11.8 Å². The van der Waals surface area contributed by atoms with Gasteiger partial charge in [0, 0.05) is 6.42 Å². The van der Waals surface area contributed by atoms with Crippen LogP contribution in [0, 0.1) is 6.92 Å². The molecule has 128 valence electrons. The summed E-state index contributed by atoms with van der Waals surface area (Å²) in [4.78, 5) is 11.4. The van der Waals surface area contributed by atoms with Crippen molar-refractivity contribution in [3.8, 4) is 11.5 Å². The Hall–Kier alpha value is -2.49. The van der Waals surface area contributed by atoms with Gasteiger partial charge in [-0.1, -0.05) is 18.2 Å². The monoisotopic (exact) mass is 327 g/mol. The minimum absolute atomic E-state index is 0.106. The maximum atomic E-state index is 11.4. The highest BCUT2D eigenvalue weighted by Gasteiger charge is 2.15. The van der Waals surface area contributed by atoms with E-state index in [0.29, 0.717) is 6.42 Å². The first-order chi connectivity index (χ1) is 11.5. The Morgan fingerprint density at radius 2 is 1.67 bits per heavy atom. The number of carbonyl (C=O) groups excluding carboxylic acids is 1. The van der Waals surface area contributed by atoms with Gasteiger partial charge in [0.2, 0.25) is 5.91 Å². The van der Waals surface area contributed by atoms with E-state index in [4.69, 9.17) is 15.2 Å². The molecule has 0 radical (unpaired) electrons. The summed E-state index contributed by atoms with van der Waals surface area (Å²) in [5.41, 5.74) is 9.01. The minimum atomic E-state index is -0.276. The Morgan fingerprint density at radius 1 is 1.04 bits per heavy atom. The van der Waals surface area contributed by atoms with Crippen LogP contribution in [0.2, 0.25) is 0 Å². The van der Waals surface area contributed by atoms with E-state index in [1.165, 1.54) is 11.1 Å². The lowest BCUT2D eigenvalue weighted by Crippen LogP contribution is -2.16. The molecule has 2 N–H and O–H groups in total. The fourth-order valence-electron chi connectivity index (χ4n) is 2.91. The highest BCUT2D eigenvalue weighted by molar-refractivity contribution is 5.74. The number of aryl methyl sites for hydroxylation is 2. The molecule has 1 unspecified atom stereocenters. The van der Waals surface area contributed by atoms with Crippen molar-refractivity contribution in [3.63, 3.8) is 0 Å². The first-order valence-corrected chi connectivity index (χ1v) is 8.09. The summed E-state index contributed by atoms with van der Waals surface area (Å²) >= 11 is 0. The first-order valence-electron chi connectivity index (χ1n) is 8.09. The quantitative estimate of drug-likeness (QED) is 0.806. The van der Waals surface area contributed by atoms with Crippen molar-refractivity contribution in [1.29, 1.82) is 0 Å². The largest absolute Gasteiger partial charge is 0.497 e. The SMILES string of the molecule is COc1ccc(C(CCc2ccc(OC)cc2C)CC(N)=O)cc1. The molecular weight excluding hydrogens is 302 g/mol. The minimum Gasteiger partial charge on any atom is -0.497 e. The molecule has 2 rings (SSSR count). The maximum absolute atomic E-state index is 11.4. The van der Waals surface area contributed by atoms with E-state index < -0.39 is 0 Å². The van der Waals surface area contributed by atoms with Crippen molar-refractivity contribution < 1.29 is 14.3 Å².